The predicted molar refractivity (Wildman–Crippen MR) is 171 cm³/mol. The molecule has 0 spiro atoms. The smallest absolute Gasteiger partial charge is 0.309 e. The zero-order chi connectivity index (χ0) is 31.3. The Kier molecular flexibility index (Phi) is 9.13. The van der Waals surface area contributed by atoms with E-state index in [0.29, 0.717) is 44.0 Å². The number of esters is 1. The first kappa shape index (κ1) is 30.4. The molecule has 1 aromatic carbocycles. The Morgan fingerprint density at radius 2 is 1.93 bits per heavy atom. The number of methoxy groups -OCH3 is 1. The molecule has 1 fully saturated rings. The standard InChI is InChI=1S/C33H35N7O4S/c1-4-44-33(42)23-7-10-25(28(41)15-23)32-35-17-29(45-32)26-13-20(2)14-31(36-26)37-30-16-22(11-12-34-30)27-19-40(39-38-27)18-21-5-8-24(43-3)9-6-21/h5-6,8-9,11-14,16-17,19,23,25,28,41H,4,7,10,15,18H2,1-3H3,(H,34,36,37). The lowest BCUT2D eigenvalue weighted by molar-refractivity contribution is -0.150. The highest BCUT2D eigenvalue weighted by Crippen LogP contribution is 2.40. The van der Waals surface area contributed by atoms with Gasteiger partial charge in [-0.2, -0.15) is 0 Å². The van der Waals surface area contributed by atoms with Crippen LogP contribution in [-0.4, -0.2) is 60.8 Å². The van der Waals surface area contributed by atoms with Crippen LogP contribution in [0.3, 0.4) is 0 Å². The molecule has 6 rings (SSSR count). The number of hydrogen-bond donors (Lipinski definition) is 2. The molecule has 11 nitrogen and oxygen atoms in total. The molecule has 1 aliphatic rings. The van der Waals surface area contributed by atoms with Crippen LogP contribution in [0.1, 0.15) is 48.2 Å². The number of aliphatic hydroxyl groups excluding tert-OH is 1. The Morgan fingerprint density at radius 3 is 2.71 bits per heavy atom. The number of anilines is 2. The number of carbonyl (C=O) groups is 1. The van der Waals surface area contributed by atoms with E-state index in [4.69, 9.17) is 14.5 Å². The third-order valence-corrected chi connectivity index (χ3v) is 9.01. The predicted octanol–water partition coefficient (Wildman–Crippen LogP) is 5.78. The van der Waals surface area contributed by atoms with Crippen molar-refractivity contribution < 1.29 is 19.4 Å². The topological polar surface area (TPSA) is 137 Å². The fourth-order valence-corrected chi connectivity index (χ4v) is 6.63. The number of hydrogen-bond acceptors (Lipinski definition) is 11. The fourth-order valence-electron chi connectivity index (χ4n) is 5.56. The lowest BCUT2D eigenvalue weighted by Crippen LogP contribution is -2.32. The average Bonchev–Trinajstić information content (AvgIpc) is 3.72. The van der Waals surface area contributed by atoms with Crippen molar-refractivity contribution in [3.05, 3.63) is 83.3 Å². The van der Waals surface area contributed by atoms with Crippen molar-refractivity contribution in [3.8, 4) is 27.6 Å². The molecule has 3 unspecified atom stereocenters. The number of rotatable bonds is 10. The van der Waals surface area contributed by atoms with Gasteiger partial charge in [0.1, 0.15) is 23.1 Å². The van der Waals surface area contributed by atoms with Gasteiger partial charge in [-0.3, -0.25) is 4.79 Å². The highest BCUT2D eigenvalue weighted by molar-refractivity contribution is 7.15. The minimum atomic E-state index is -0.641. The van der Waals surface area contributed by atoms with Crippen LogP contribution in [0.25, 0.3) is 21.8 Å². The average molecular weight is 626 g/mol. The maximum absolute atomic E-state index is 12.2. The van der Waals surface area contributed by atoms with Gasteiger partial charge in [0.2, 0.25) is 0 Å². The van der Waals surface area contributed by atoms with Crippen LogP contribution < -0.4 is 10.1 Å². The van der Waals surface area contributed by atoms with Crippen LogP contribution in [-0.2, 0) is 16.1 Å². The molecule has 5 aromatic rings. The second kappa shape index (κ2) is 13.5. The highest BCUT2D eigenvalue weighted by Gasteiger charge is 2.36. The second-order valence-electron chi connectivity index (χ2n) is 11.1. The van der Waals surface area contributed by atoms with E-state index in [0.717, 1.165) is 43.7 Å². The van der Waals surface area contributed by atoms with Crippen molar-refractivity contribution in [3.63, 3.8) is 0 Å². The molecule has 3 atom stereocenters. The molecule has 0 radical (unpaired) electrons. The first-order valence-electron chi connectivity index (χ1n) is 14.9. The number of aliphatic hydroxyl groups is 1. The van der Waals surface area contributed by atoms with E-state index in [9.17, 15) is 9.90 Å². The number of benzene rings is 1. The molecule has 0 amide bonds. The van der Waals surface area contributed by atoms with Crippen LogP contribution >= 0.6 is 11.3 Å². The quantitative estimate of drug-likeness (QED) is 0.184. The molecule has 232 valence electrons. The van der Waals surface area contributed by atoms with Crippen molar-refractivity contribution in [2.75, 3.05) is 19.0 Å². The first-order chi connectivity index (χ1) is 21.9. The number of thiazole rings is 1. The number of ether oxygens (including phenoxy) is 2. The van der Waals surface area contributed by atoms with Crippen molar-refractivity contribution in [1.29, 1.82) is 0 Å². The summed E-state index contributed by atoms with van der Waals surface area (Å²) in [6, 6.07) is 15.7. The number of carbonyl (C=O) groups excluding carboxylic acids is 1. The van der Waals surface area contributed by atoms with Gasteiger partial charge in [0.25, 0.3) is 0 Å². The van der Waals surface area contributed by atoms with Gasteiger partial charge in [0.05, 0.1) is 54.1 Å². The van der Waals surface area contributed by atoms with Crippen molar-refractivity contribution in [2.45, 2.75) is 51.7 Å². The molecule has 4 heterocycles. The summed E-state index contributed by atoms with van der Waals surface area (Å²) in [5, 5.41) is 23.7. The number of nitrogens with zero attached hydrogens (tertiary/aromatic N) is 6. The third-order valence-electron chi connectivity index (χ3n) is 7.85. The monoisotopic (exact) mass is 625 g/mol. The molecule has 1 saturated carbocycles. The number of nitrogens with one attached hydrogen (secondary N) is 1. The molecule has 0 saturated heterocycles. The van der Waals surface area contributed by atoms with Gasteiger partial charge in [0.15, 0.2) is 0 Å². The van der Waals surface area contributed by atoms with Crippen LogP contribution in [0.4, 0.5) is 11.6 Å². The molecule has 4 aromatic heterocycles. The molecule has 2 N–H and O–H groups in total. The van der Waals surface area contributed by atoms with E-state index in [1.54, 1.807) is 24.9 Å². The summed E-state index contributed by atoms with van der Waals surface area (Å²) in [5.74, 6) is 1.50. The number of aryl methyl sites for hydroxylation is 1. The number of pyridine rings is 2. The summed E-state index contributed by atoms with van der Waals surface area (Å²) < 4.78 is 12.2. The van der Waals surface area contributed by atoms with Crippen molar-refractivity contribution in [1.82, 2.24) is 29.9 Å². The van der Waals surface area contributed by atoms with E-state index >= 15 is 0 Å². The molecule has 12 heteroatoms. The van der Waals surface area contributed by atoms with E-state index < -0.39 is 6.10 Å². The Balaban J connectivity index is 1.14. The molecular formula is C33H35N7O4S. The van der Waals surface area contributed by atoms with E-state index in [1.807, 2.05) is 67.8 Å². The van der Waals surface area contributed by atoms with E-state index in [-0.39, 0.29) is 17.8 Å². The Morgan fingerprint density at radius 1 is 1.09 bits per heavy atom. The summed E-state index contributed by atoms with van der Waals surface area (Å²) in [6.45, 7) is 4.76. The number of aromatic nitrogens is 6. The lowest BCUT2D eigenvalue weighted by Gasteiger charge is -2.30. The van der Waals surface area contributed by atoms with Crippen LogP contribution in [0.2, 0.25) is 0 Å². The van der Waals surface area contributed by atoms with Gasteiger partial charge in [-0.15, -0.1) is 16.4 Å². The summed E-state index contributed by atoms with van der Waals surface area (Å²) in [4.78, 5) is 27.1. The Hall–Kier alpha value is -4.68. The van der Waals surface area contributed by atoms with Gasteiger partial charge >= 0.3 is 5.97 Å². The van der Waals surface area contributed by atoms with Crippen LogP contribution in [0.15, 0.2) is 67.1 Å². The van der Waals surface area contributed by atoms with E-state index in [1.165, 1.54) is 11.3 Å². The van der Waals surface area contributed by atoms with Gasteiger partial charge < -0.3 is 19.9 Å². The second-order valence-corrected chi connectivity index (χ2v) is 12.2. The molecule has 0 bridgehead atoms. The van der Waals surface area contributed by atoms with Crippen molar-refractivity contribution >= 4 is 28.9 Å². The Bertz CT molecular complexity index is 1770. The van der Waals surface area contributed by atoms with Gasteiger partial charge in [-0.25, -0.2) is 19.6 Å². The van der Waals surface area contributed by atoms with Crippen molar-refractivity contribution in [2.24, 2.45) is 5.92 Å². The molecule has 1 aliphatic carbocycles. The van der Waals surface area contributed by atoms with E-state index in [2.05, 4.69) is 25.6 Å². The summed E-state index contributed by atoms with van der Waals surface area (Å²) >= 11 is 1.53. The summed E-state index contributed by atoms with van der Waals surface area (Å²) in [6.07, 6.45) is 6.56. The lowest BCUT2D eigenvalue weighted by atomic mass is 9.80. The first-order valence-corrected chi connectivity index (χ1v) is 15.8. The van der Waals surface area contributed by atoms with Gasteiger partial charge in [-0.05, 0) is 80.6 Å². The zero-order valence-electron chi connectivity index (χ0n) is 25.4. The summed E-state index contributed by atoms with van der Waals surface area (Å²) in [5.41, 5.74) is 4.53. The van der Waals surface area contributed by atoms with Gasteiger partial charge in [-0.1, -0.05) is 17.3 Å². The minimum absolute atomic E-state index is 0.113. The normalized spacial score (nSPS) is 18.0. The SMILES string of the molecule is CCOC(=O)C1CCC(c2ncc(-c3cc(C)cc(Nc4cc(-c5cn(Cc6ccc(OC)cc6)nn5)ccn4)n3)s2)C(O)C1. The third kappa shape index (κ3) is 7.18. The highest BCUT2D eigenvalue weighted by atomic mass is 32.1. The summed E-state index contributed by atoms with van der Waals surface area (Å²) in [7, 11) is 1.65. The molecule has 45 heavy (non-hydrogen) atoms. The zero-order valence-corrected chi connectivity index (χ0v) is 26.2. The van der Waals surface area contributed by atoms with Crippen LogP contribution in [0.5, 0.6) is 5.75 Å². The van der Waals surface area contributed by atoms with Gasteiger partial charge in [0, 0.05) is 23.9 Å². The maximum atomic E-state index is 12.2. The maximum Gasteiger partial charge on any atom is 0.309 e. The van der Waals surface area contributed by atoms with Crippen LogP contribution in [0, 0.1) is 12.8 Å². The molecule has 0 aliphatic heterocycles. The molecular weight excluding hydrogens is 590 g/mol. The minimum Gasteiger partial charge on any atom is -0.497 e. The largest absolute Gasteiger partial charge is 0.497 e. The Labute approximate surface area is 265 Å². The fraction of sp³-hybridized carbons (Fsp3) is 0.333.